The topological polar surface area (TPSA) is 125 Å². The number of hydrogen-bond acceptors (Lipinski definition) is 6. The first-order chi connectivity index (χ1) is 16.8. The molecule has 1 unspecified atom stereocenters. The number of aliphatic carboxylic acids is 1. The van der Waals surface area contributed by atoms with Crippen LogP contribution in [0.5, 0.6) is 0 Å². The van der Waals surface area contributed by atoms with Crippen molar-refractivity contribution in [2.45, 2.75) is 46.2 Å². The molecule has 0 saturated carbocycles. The first-order valence-electron chi connectivity index (χ1n) is 11.4. The van der Waals surface area contributed by atoms with Crippen LogP contribution in [0.1, 0.15) is 39.2 Å². The smallest absolute Gasteiger partial charge is 0.326 e. The second-order valence-electron chi connectivity index (χ2n) is 8.69. The molecule has 2 aromatic heterocycles. The second kappa shape index (κ2) is 10.4. The lowest BCUT2D eigenvalue weighted by molar-refractivity contribution is -0.153. The van der Waals surface area contributed by atoms with Crippen molar-refractivity contribution in [2.75, 3.05) is 0 Å². The molecule has 2 aromatic carbocycles. The molecule has 0 spiro atoms. The van der Waals surface area contributed by atoms with Gasteiger partial charge >= 0.3 is 5.97 Å². The number of benzene rings is 2. The van der Waals surface area contributed by atoms with Crippen molar-refractivity contribution in [3.63, 3.8) is 0 Å². The van der Waals surface area contributed by atoms with Crippen molar-refractivity contribution >= 4 is 38.8 Å². The number of amides is 1. The summed E-state index contributed by atoms with van der Waals surface area (Å²) >= 11 is 3.67. The maximum absolute atomic E-state index is 12.9. The van der Waals surface area contributed by atoms with Crippen molar-refractivity contribution in [2.24, 2.45) is 5.92 Å². The van der Waals surface area contributed by atoms with Crippen molar-refractivity contribution in [3.8, 4) is 22.7 Å². The van der Waals surface area contributed by atoms with Crippen LogP contribution in [0.25, 0.3) is 33.7 Å². The standard InChI is InChI=1S/C25H26BrN5O4/c1-4-5-20(32)31(22(14(2)3)25(33)34)13-15-6-11-19-18(12-15)21(26)23(35-19)16-7-9-17(10-8-16)24-27-29-30-28-24/h6-12,14,22H,4-5,13H2,1-3H3,(H,33,34)(H,27,28,29,30). The van der Waals surface area contributed by atoms with Crippen LogP contribution in [0.3, 0.4) is 0 Å². The van der Waals surface area contributed by atoms with E-state index in [9.17, 15) is 14.7 Å². The fraction of sp³-hybridized carbons (Fsp3) is 0.320. The minimum absolute atomic E-state index is 0.165. The van der Waals surface area contributed by atoms with E-state index in [0.717, 1.165) is 26.5 Å². The van der Waals surface area contributed by atoms with Gasteiger partial charge in [-0.3, -0.25) is 4.79 Å². The van der Waals surface area contributed by atoms with E-state index < -0.39 is 12.0 Å². The van der Waals surface area contributed by atoms with Gasteiger partial charge in [0.05, 0.1) is 4.47 Å². The maximum atomic E-state index is 12.9. The summed E-state index contributed by atoms with van der Waals surface area (Å²) < 4.78 is 6.90. The highest BCUT2D eigenvalue weighted by Gasteiger charge is 2.32. The number of carbonyl (C=O) groups is 2. The Balaban J connectivity index is 1.66. The third kappa shape index (κ3) is 5.12. The van der Waals surface area contributed by atoms with Crippen LogP contribution in [-0.4, -0.2) is 48.5 Å². The fourth-order valence-corrected chi connectivity index (χ4v) is 4.75. The van der Waals surface area contributed by atoms with Crippen LogP contribution in [0, 0.1) is 5.92 Å². The van der Waals surface area contributed by atoms with E-state index in [0.29, 0.717) is 30.0 Å². The summed E-state index contributed by atoms with van der Waals surface area (Å²) in [6.07, 6.45) is 0.957. The minimum atomic E-state index is -0.999. The van der Waals surface area contributed by atoms with Gasteiger partial charge in [0.2, 0.25) is 11.7 Å². The Morgan fingerprint density at radius 2 is 1.86 bits per heavy atom. The van der Waals surface area contributed by atoms with E-state index in [-0.39, 0.29) is 18.4 Å². The molecule has 1 amide bonds. The Labute approximate surface area is 210 Å². The van der Waals surface area contributed by atoms with Crippen molar-refractivity contribution in [3.05, 3.63) is 52.5 Å². The normalized spacial score (nSPS) is 12.3. The summed E-state index contributed by atoms with van der Waals surface area (Å²) in [5.41, 5.74) is 3.21. The Morgan fingerprint density at radius 1 is 1.14 bits per heavy atom. The molecule has 4 rings (SSSR count). The number of rotatable bonds is 9. The number of carbonyl (C=O) groups excluding carboxylic acids is 1. The van der Waals surface area contributed by atoms with Crippen LogP contribution < -0.4 is 0 Å². The molecule has 182 valence electrons. The quantitative estimate of drug-likeness (QED) is 0.296. The molecule has 0 aliphatic rings. The maximum Gasteiger partial charge on any atom is 0.326 e. The van der Waals surface area contributed by atoms with Crippen LogP contribution >= 0.6 is 15.9 Å². The highest BCUT2D eigenvalue weighted by atomic mass is 79.9. The molecule has 10 heteroatoms. The number of fused-ring (bicyclic) bond motifs is 1. The monoisotopic (exact) mass is 539 g/mol. The number of nitrogens with one attached hydrogen (secondary N) is 1. The summed E-state index contributed by atoms with van der Waals surface area (Å²) in [5.74, 6) is -0.210. The first-order valence-corrected chi connectivity index (χ1v) is 12.2. The molecule has 0 radical (unpaired) electrons. The fourth-order valence-electron chi connectivity index (χ4n) is 4.13. The van der Waals surface area contributed by atoms with Crippen LogP contribution in [0.2, 0.25) is 0 Å². The van der Waals surface area contributed by atoms with Gasteiger partial charge in [-0.2, -0.15) is 5.21 Å². The van der Waals surface area contributed by atoms with Gasteiger partial charge in [0, 0.05) is 29.5 Å². The Morgan fingerprint density at radius 3 is 2.46 bits per heavy atom. The van der Waals surface area contributed by atoms with E-state index in [2.05, 4.69) is 36.6 Å². The lowest BCUT2D eigenvalue weighted by Gasteiger charge is -2.31. The van der Waals surface area contributed by atoms with Gasteiger partial charge in [0.25, 0.3) is 0 Å². The molecule has 1 atom stereocenters. The van der Waals surface area contributed by atoms with E-state index in [1.54, 1.807) is 0 Å². The molecule has 0 fully saturated rings. The van der Waals surface area contributed by atoms with Gasteiger partial charge in [0.15, 0.2) is 0 Å². The molecule has 0 saturated heterocycles. The molecular weight excluding hydrogens is 514 g/mol. The summed E-state index contributed by atoms with van der Waals surface area (Å²) in [6, 6.07) is 12.4. The number of carboxylic acids is 1. The molecule has 2 heterocycles. The van der Waals surface area contributed by atoms with Crippen LogP contribution in [0.15, 0.2) is 51.4 Å². The van der Waals surface area contributed by atoms with Crippen LogP contribution in [-0.2, 0) is 16.1 Å². The highest BCUT2D eigenvalue weighted by Crippen LogP contribution is 2.38. The minimum Gasteiger partial charge on any atom is -0.480 e. The third-order valence-electron chi connectivity index (χ3n) is 5.80. The molecular formula is C25H26BrN5O4. The summed E-state index contributed by atoms with van der Waals surface area (Å²) in [5, 5.41) is 24.6. The molecule has 0 aliphatic heterocycles. The van der Waals surface area contributed by atoms with E-state index in [4.69, 9.17) is 4.42 Å². The van der Waals surface area contributed by atoms with Gasteiger partial charge in [-0.15, -0.1) is 10.2 Å². The van der Waals surface area contributed by atoms with Crippen molar-refractivity contribution in [1.29, 1.82) is 0 Å². The molecule has 4 aromatic rings. The van der Waals surface area contributed by atoms with E-state index in [1.807, 2.05) is 63.2 Å². The van der Waals surface area contributed by atoms with Crippen molar-refractivity contribution in [1.82, 2.24) is 25.5 Å². The lowest BCUT2D eigenvalue weighted by atomic mass is 10.0. The largest absolute Gasteiger partial charge is 0.480 e. The lowest BCUT2D eigenvalue weighted by Crippen LogP contribution is -2.47. The third-order valence-corrected chi connectivity index (χ3v) is 6.59. The zero-order valence-corrected chi connectivity index (χ0v) is 21.2. The number of aromatic amines is 1. The Hall–Kier alpha value is -3.53. The van der Waals surface area contributed by atoms with Crippen LogP contribution in [0.4, 0.5) is 0 Å². The predicted octanol–water partition coefficient (Wildman–Crippen LogP) is 5.28. The number of furan rings is 1. The molecule has 0 aliphatic carbocycles. The average Bonchev–Trinajstić information content (AvgIpc) is 3.47. The number of hydrogen-bond donors (Lipinski definition) is 2. The molecule has 9 nitrogen and oxygen atoms in total. The summed E-state index contributed by atoms with van der Waals surface area (Å²) in [6.45, 7) is 5.75. The number of nitrogens with zero attached hydrogens (tertiary/aromatic N) is 4. The Kier molecular flexibility index (Phi) is 7.30. The van der Waals surface area contributed by atoms with Gasteiger partial charge in [-0.1, -0.05) is 51.1 Å². The Bertz CT molecular complexity index is 1330. The summed E-state index contributed by atoms with van der Waals surface area (Å²) in [4.78, 5) is 26.3. The highest BCUT2D eigenvalue weighted by molar-refractivity contribution is 9.10. The number of carboxylic acid groups (broad SMARTS) is 1. The van der Waals surface area contributed by atoms with Gasteiger partial charge in [-0.25, -0.2) is 4.79 Å². The SMILES string of the molecule is CCCC(=O)N(Cc1ccc2oc(-c3ccc(-c4nn[nH]n4)cc3)c(Br)c2c1)C(C(=O)O)C(C)C. The molecule has 0 bridgehead atoms. The number of halogens is 1. The van der Waals surface area contributed by atoms with Gasteiger partial charge < -0.3 is 14.4 Å². The van der Waals surface area contributed by atoms with Gasteiger partial charge in [-0.05, 0) is 51.2 Å². The van der Waals surface area contributed by atoms with Gasteiger partial charge in [0.1, 0.15) is 17.4 Å². The van der Waals surface area contributed by atoms with E-state index >= 15 is 0 Å². The first kappa shape index (κ1) is 24.6. The predicted molar refractivity (Wildman–Crippen MR) is 134 cm³/mol. The summed E-state index contributed by atoms with van der Waals surface area (Å²) in [7, 11) is 0. The zero-order chi connectivity index (χ0) is 25.1. The molecule has 2 N–H and O–H groups in total. The second-order valence-corrected chi connectivity index (χ2v) is 9.48. The number of aromatic nitrogens is 4. The number of H-pyrrole nitrogens is 1. The number of tetrazole rings is 1. The molecule has 35 heavy (non-hydrogen) atoms. The van der Waals surface area contributed by atoms with Crippen molar-refractivity contribution < 1.29 is 19.1 Å². The van der Waals surface area contributed by atoms with E-state index in [1.165, 1.54) is 4.90 Å². The zero-order valence-electron chi connectivity index (χ0n) is 19.7. The average molecular weight is 540 g/mol.